The van der Waals surface area contributed by atoms with E-state index in [1.807, 2.05) is 34.0 Å². The highest BCUT2D eigenvalue weighted by atomic mass is 32.2. The maximum atomic E-state index is 4.76. The predicted molar refractivity (Wildman–Crippen MR) is 113 cm³/mol. The molecule has 0 heterocycles. The van der Waals surface area contributed by atoms with E-state index in [1.165, 1.54) is 35.9 Å². The molecule has 1 nitrogen and oxygen atoms in total. The Balaban J connectivity index is -0.000000496. The number of aryl methyl sites for hydroxylation is 2. The molecule has 1 aromatic carbocycles. The summed E-state index contributed by atoms with van der Waals surface area (Å²) in [4.78, 5) is 0. The number of rotatable bonds is 3. The maximum absolute atomic E-state index is 4.76. The van der Waals surface area contributed by atoms with Crippen molar-refractivity contribution in [2.45, 2.75) is 88.0 Å². The minimum atomic E-state index is 0.357. The second-order valence-corrected chi connectivity index (χ2v) is 6.77. The van der Waals surface area contributed by atoms with Crippen LogP contribution in [0, 0.1) is 19.3 Å². The largest absolute Gasteiger partial charge is 0.278 e. The van der Waals surface area contributed by atoms with E-state index in [2.05, 4.69) is 59.7 Å². The molecule has 0 aromatic heterocycles. The summed E-state index contributed by atoms with van der Waals surface area (Å²) in [5, 5.41) is 4.76. The Morgan fingerprint density at radius 3 is 1.78 bits per heavy atom. The summed E-state index contributed by atoms with van der Waals surface area (Å²) in [7, 11) is 0. The second-order valence-electron chi connectivity index (χ2n) is 6.30. The van der Waals surface area contributed by atoms with Crippen molar-refractivity contribution in [3.8, 4) is 0 Å². The van der Waals surface area contributed by atoms with E-state index in [-0.39, 0.29) is 0 Å². The molecule has 0 radical (unpaired) electrons. The second kappa shape index (κ2) is 16.4. The van der Waals surface area contributed by atoms with Gasteiger partial charge in [0, 0.05) is 0 Å². The Kier molecular flexibility index (Phi) is 19.5. The molecule has 0 spiro atoms. The normalized spacial score (nSPS) is 11.0. The average molecular weight is 342 g/mol. The molecule has 0 amide bonds. The molecule has 0 saturated carbocycles. The van der Waals surface area contributed by atoms with E-state index in [0.717, 1.165) is 0 Å². The first-order valence-electron chi connectivity index (χ1n) is 9.07. The number of benzene rings is 1. The Morgan fingerprint density at radius 1 is 1.04 bits per heavy atom. The molecule has 1 aromatic rings. The topological polar surface area (TPSA) is 26.0 Å². The van der Waals surface area contributed by atoms with Gasteiger partial charge in [-0.05, 0) is 49.0 Å². The molecule has 0 saturated heterocycles. The SMILES string of the molecule is CC.CC.CCCC(c1ccc(C)cc1C)C(C)(C)C.CSN. The first kappa shape index (κ1) is 27.4. The minimum absolute atomic E-state index is 0.357. The van der Waals surface area contributed by atoms with Crippen LogP contribution in [-0.4, -0.2) is 6.26 Å². The molecule has 0 aliphatic carbocycles. The Morgan fingerprint density at radius 2 is 1.48 bits per heavy atom. The third-order valence-electron chi connectivity index (χ3n) is 3.42. The fourth-order valence-electron chi connectivity index (χ4n) is 2.56. The van der Waals surface area contributed by atoms with Gasteiger partial charge in [-0.3, -0.25) is 5.14 Å². The standard InChI is InChI=1S/C16H26.2C2H6.CH5NS/c1-7-8-15(16(4,5)6)14-10-9-12(2)11-13(14)3;2*1-2;1-3-2/h9-11,15H,7-8H2,1-6H3;2*1-2H3;2H2,1H3. The third-order valence-corrected chi connectivity index (χ3v) is 3.42. The van der Waals surface area contributed by atoms with Gasteiger partial charge in [-0.2, -0.15) is 0 Å². The third kappa shape index (κ3) is 12.6. The van der Waals surface area contributed by atoms with E-state index < -0.39 is 0 Å². The summed E-state index contributed by atoms with van der Waals surface area (Å²) in [6, 6.07) is 6.89. The van der Waals surface area contributed by atoms with Crippen molar-refractivity contribution in [1.29, 1.82) is 0 Å². The first-order valence-corrected chi connectivity index (χ1v) is 10.4. The molecule has 0 bridgehead atoms. The molecule has 0 aliphatic heterocycles. The molecule has 138 valence electrons. The van der Waals surface area contributed by atoms with E-state index >= 15 is 0 Å². The summed E-state index contributed by atoms with van der Waals surface area (Å²) in [5.74, 6) is 0.679. The van der Waals surface area contributed by atoms with Crippen molar-refractivity contribution in [2.75, 3.05) is 6.26 Å². The molecule has 1 atom stereocenters. The monoisotopic (exact) mass is 341 g/mol. The highest BCUT2D eigenvalue weighted by molar-refractivity contribution is 7.96. The smallest absolute Gasteiger partial charge is 0.00394 e. The van der Waals surface area contributed by atoms with Crippen LogP contribution >= 0.6 is 11.9 Å². The lowest BCUT2D eigenvalue weighted by atomic mass is 9.73. The van der Waals surface area contributed by atoms with E-state index in [4.69, 9.17) is 5.14 Å². The van der Waals surface area contributed by atoms with Crippen molar-refractivity contribution in [2.24, 2.45) is 10.6 Å². The highest BCUT2D eigenvalue weighted by Crippen LogP contribution is 2.39. The molecule has 2 heteroatoms. The van der Waals surface area contributed by atoms with Crippen molar-refractivity contribution < 1.29 is 0 Å². The van der Waals surface area contributed by atoms with Crippen LogP contribution in [0.3, 0.4) is 0 Å². The van der Waals surface area contributed by atoms with Gasteiger partial charge in [0.05, 0.1) is 0 Å². The van der Waals surface area contributed by atoms with Gasteiger partial charge >= 0.3 is 0 Å². The highest BCUT2D eigenvalue weighted by Gasteiger charge is 2.26. The van der Waals surface area contributed by atoms with Gasteiger partial charge in [0.2, 0.25) is 0 Å². The van der Waals surface area contributed by atoms with Crippen LogP contribution in [0.2, 0.25) is 0 Å². The van der Waals surface area contributed by atoms with Gasteiger partial charge in [-0.15, -0.1) is 0 Å². The Hall–Kier alpha value is -0.470. The molecule has 1 unspecified atom stereocenters. The van der Waals surface area contributed by atoms with Gasteiger partial charge < -0.3 is 0 Å². The first-order chi connectivity index (χ1) is 10.8. The zero-order chi connectivity index (χ0) is 19.1. The van der Waals surface area contributed by atoms with E-state index in [9.17, 15) is 0 Å². The Bertz CT molecular complexity index is 367. The van der Waals surface area contributed by atoms with Crippen LogP contribution < -0.4 is 5.14 Å². The maximum Gasteiger partial charge on any atom is -0.00394 e. The molecule has 2 N–H and O–H groups in total. The fourth-order valence-corrected chi connectivity index (χ4v) is 2.56. The van der Waals surface area contributed by atoms with Gasteiger partial charge in [-0.1, -0.05) is 97.5 Å². The van der Waals surface area contributed by atoms with Gasteiger partial charge in [0.15, 0.2) is 0 Å². The summed E-state index contributed by atoms with van der Waals surface area (Å²) in [5.41, 5.74) is 4.72. The molecule has 0 fully saturated rings. The van der Waals surface area contributed by atoms with Gasteiger partial charge in [0.1, 0.15) is 0 Å². The van der Waals surface area contributed by atoms with Crippen molar-refractivity contribution in [3.05, 3.63) is 34.9 Å². The van der Waals surface area contributed by atoms with E-state index in [0.29, 0.717) is 11.3 Å². The summed E-state index contributed by atoms with van der Waals surface area (Å²) >= 11 is 1.25. The molecule has 23 heavy (non-hydrogen) atoms. The van der Waals surface area contributed by atoms with Crippen LogP contribution in [0.4, 0.5) is 0 Å². The number of hydrogen-bond acceptors (Lipinski definition) is 2. The zero-order valence-corrected chi connectivity index (χ0v) is 18.5. The molecule has 0 aliphatic rings. The van der Waals surface area contributed by atoms with Crippen molar-refractivity contribution in [1.82, 2.24) is 0 Å². The molecular weight excluding hydrogens is 298 g/mol. The molecule has 1 rings (SSSR count). The predicted octanol–water partition coefficient (Wildman–Crippen LogP) is 7.51. The van der Waals surface area contributed by atoms with Crippen molar-refractivity contribution in [3.63, 3.8) is 0 Å². The van der Waals surface area contributed by atoms with Gasteiger partial charge in [-0.25, -0.2) is 0 Å². The molecular formula is C21H43NS. The average Bonchev–Trinajstić information content (AvgIpc) is 2.49. The van der Waals surface area contributed by atoms with Crippen LogP contribution in [0.1, 0.15) is 90.8 Å². The summed E-state index contributed by atoms with van der Waals surface area (Å²) in [6.45, 7) is 21.8. The van der Waals surface area contributed by atoms with Crippen LogP contribution in [0.5, 0.6) is 0 Å². The minimum Gasteiger partial charge on any atom is -0.278 e. The lowest BCUT2D eigenvalue weighted by Crippen LogP contribution is -2.19. The van der Waals surface area contributed by atoms with Crippen LogP contribution in [0.15, 0.2) is 18.2 Å². The summed E-state index contributed by atoms with van der Waals surface area (Å²) in [6.07, 6.45) is 4.36. The number of nitrogens with two attached hydrogens (primary N) is 1. The summed E-state index contributed by atoms with van der Waals surface area (Å²) < 4.78 is 0. The van der Waals surface area contributed by atoms with E-state index in [1.54, 1.807) is 5.56 Å². The van der Waals surface area contributed by atoms with Crippen LogP contribution in [-0.2, 0) is 0 Å². The Labute approximate surface area is 152 Å². The fraction of sp³-hybridized carbons (Fsp3) is 0.714. The quantitative estimate of drug-likeness (QED) is 0.576. The van der Waals surface area contributed by atoms with Crippen LogP contribution in [0.25, 0.3) is 0 Å². The van der Waals surface area contributed by atoms with Gasteiger partial charge in [0.25, 0.3) is 0 Å². The lowest BCUT2D eigenvalue weighted by Gasteiger charge is -2.32. The zero-order valence-electron chi connectivity index (χ0n) is 17.7. The van der Waals surface area contributed by atoms with Crippen molar-refractivity contribution >= 4 is 11.9 Å². The number of hydrogen-bond donors (Lipinski definition) is 1. The lowest BCUT2D eigenvalue weighted by molar-refractivity contribution is 0.302.